The zero-order valence-electron chi connectivity index (χ0n) is 4.98. The maximum atomic E-state index is 10.4. The number of hydrogen-bond donors (Lipinski definition) is 0. The zero-order valence-corrected chi connectivity index (χ0v) is 4.98. The van der Waals surface area contributed by atoms with Crippen molar-refractivity contribution in [3.8, 4) is 0 Å². The first kappa shape index (κ1) is 13.9. The SMILES string of the molecule is FC(F)(F)C(F)(F)F.FC(F)F. The van der Waals surface area contributed by atoms with E-state index in [0.717, 1.165) is 0 Å². The van der Waals surface area contributed by atoms with Gasteiger partial charge in [-0.1, -0.05) is 0 Å². The van der Waals surface area contributed by atoms with Crippen molar-refractivity contribution in [2.75, 3.05) is 0 Å². The molecule has 0 rings (SSSR count). The molecule has 0 atom stereocenters. The fraction of sp³-hybridized carbons (Fsp3) is 1.00. The van der Waals surface area contributed by atoms with Crippen molar-refractivity contribution >= 4 is 0 Å². The van der Waals surface area contributed by atoms with Gasteiger partial charge in [0.15, 0.2) is 0 Å². The minimum Gasteiger partial charge on any atom is -0.174 e. The van der Waals surface area contributed by atoms with Crippen LogP contribution in [0.2, 0.25) is 0 Å². The Morgan fingerprint density at radius 2 is 0.667 bits per heavy atom. The molecule has 0 radical (unpaired) electrons. The van der Waals surface area contributed by atoms with Crippen molar-refractivity contribution in [1.29, 1.82) is 0 Å². The van der Waals surface area contributed by atoms with Crippen LogP contribution in [0.25, 0.3) is 0 Å². The molecule has 0 aromatic rings. The molecule has 0 amide bonds. The summed E-state index contributed by atoms with van der Waals surface area (Å²) in [6.45, 7) is -3.67. The van der Waals surface area contributed by atoms with Crippen LogP contribution in [-0.2, 0) is 0 Å². The standard InChI is InChI=1S/C2F6.CHF3/c3-1(4,5)2(6,7)8;2-1(3)4/h;1H. The van der Waals surface area contributed by atoms with Gasteiger partial charge in [-0.05, 0) is 0 Å². The van der Waals surface area contributed by atoms with Crippen LogP contribution in [0.5, 0.6) is 0 Å². The summed E-state index contributed by atoms with van der Waals surface area (Å²) in [4.78, 5) is 0. The fourth-order valence-corrected chi connectivity index (χ4v) is 0. The summed E-state index contributed by atoms with van der Waals surface area (Å²) in [5.74, 6) is 0. The van der Waals surface area contributed by atoms with Gasteiger partial charge in [-0.25, -0.2) is 0 Å². The molecule has 76 valence electrons. The van der Waals surface area contributed by atoms with Gasteiger partial charge in [0.25, 0.3) is 0 Å². The number of halogens is 9. The molecule has 0 N–H and O–H groups in total. The Morgan fingerprint density at radius 1 is 0.583 bits per heavy atom. The second-order valence-electron chi connectivity index (χ2n) is 1.24. The van der Waals surface area contributed by atoms with E-state index in [1.54, 1.807) is 0 Å². The van der Waals surface area contributed by atoms with E-state index in [4.69, 9.17) is 0 Å². The Labute approximate surface area is 60.0 Å². The molecule has 0 nitrogen and oxygen atoms in total. The molecule has 9 heteroatoms. The molecule has 0 aromatic carbocycles. The predicted molar refractivity (Wildman–Crippen MR) is 19.2 cm³/mol. The molecule has 0 aliphatic rings. The number of alkyl halides is 9. The Kier molecular flexibility index (Phi) is 5.12. The molecule has 12 heavy (non-hydrogen) atoms. The molecule has 0 aliphatic carbocycles. The molecule has 0 saturated heterocycles. The van der Waals surface area contributed by atoms with Gasteiger partial charge >= 0.3 is 19.0 Å². The normalized spacial score (nSPS) is 12.5. The summed E-state index contributed by atoms with van der Waals surface area (Å²) in [5, 5.41) is 0. The van der Waals surface area contributed by atoms with E-state index in [9.17, 15) is 39.5 Å². The topological polar surface area (TPSA) is 0 Å². The van der Waals surface area contributed by atoms with Crippen LogP contribution in [0.1, 0.15) is 0 Å². The average molecular weight is 208 g/mol. The molecule has 0 spiro atoms. The minimum absolute atomic E-state index is 3.67. The lowest BCUT2D eigenvalue weighted by atomic mass is 10.7. The fourth-order valence-electron chi connectivity index (χ4n) is 0. The van der Waals surface area contributed by atoms with Crippen molar-refractivity contribution < 1.29 is 39.5 Å². The molecule has 0 fully saturated rings. The lowest BCUT2D eigenvalue weighted by Crippen LogP contribution is -2.30. The highest BCUT2D eigenvalue weighted by molar-refractivity contribution is 4.59. The summed E-state index contributed by atoms with van der Waals surface area (Å²) >= 11 is 0. The Balaban J connectivity index is 0. The summed E-state index contributed by atoms with van der Waals surface area (Å²) in [7, 11) is 0. The third kappa shape index (κ3) is 9.37. The highest BCUT2D eigenvalue weighted by atomic mass is 19.5. The monoisotopic (exact) mass is 208 g/mol. The van der Waals surface area contributed by atoms with Crippen LogP contribution < -0.4 is 0 Å². The third-order valence-corrected chi connectivity index (χ3v) is 0.321. The minimum atomic E-state index is -6.06. The number of rotatable bonds is 0. The van der Waals surface area contributed by atoms with Gasteiger partial charge in [-0.2, -0.15) is 39.5 Å². The summed E-state index contributed by atoms with van der Waals surface area (Å²) < 4.78 is 91.6. The van der Waals surface area contributed by atoms with Crippen molar-refractivity contribution in [1.82, 2.24) is 0 Å². The number of hydrogen-bond acceptors (Lipinski definition) is 0. The van der Waals surface area contributed by atoms with Gasteiger partial charge < -0.3 is 0 Å². The van der Waals surface area contributed by atoms with Gasteiger partial charge in [0.2, 0.25) is 0 Å². The molecule has 0 unspecified atom stereocenters. The van der Waals surface area contributed by atoms with E-state index in [1.165, 1.54) is 0 Å². The molecular weight excluding hydrogens is 207 g/mol. The van der Waals surface area contributed by atoms with E-state index < -0.39 is 19.0 Å². The summed E-state index contributed by atoms with van der Waals surface area (Å²) in [6.07, 6.45) is -12.1. The highest BCUT2D eigenvalue weighted by Crippen LogP contribution is 2.35. The lowest BCUT2D eigenvalue weighted by molar-refractivity contribution is -0.339. The molecule has 0 saturated carbocycles. The Bertz CT molecular complexity index is 91.2. The van der Waals surface area contributed by atoms with Crippen LogP contribution in [0, 0.1) is 0 Å². The van der Waals surface area contributed by atoms with Gasteiger partial charge in [-0.15, -0.1) is 0 Å². The van der Waals surface area contributed by atoms with E-state index in [1.807, 2.05) is 0 Å². The van der Waals surface area contributed by atoms with Crippen LogP contribution >= 0.6 is 0 Å². The predicted octanol–water partition coefficient (Wildman–Crippen LogP) is 3.29. The lowest BCUT2D eigenvalue weighted by Gasteiger charge is -2.08. The van der Waals surface area contributed by atoms with E-state index >= 15 is 0 Å². The van der Waals surface area contributed by atoms with Gasteiger partial charge in [0, 0.05) is 0 Å². The first-order valence-corrected chi connectivity index (χ1v) is 2.04. The maximum Gasteiger partial charge on any atom is 0.487 e. The van der Waals surface area contributed by atoms with Crippen LogP contribution in [0.15, 0.2) is 0 Å². The molecule has 0 bridgehead atoms. The second-order valence-corrected chi connectivity index (χ2v) is 1.24. The van der Waals surface area contributed by atoms with Crippen LogP contribution in [0.4, 0.5) is 39.5 Å². The highest BCUT2D eigenvalue weighted by Gasteiger charge is 2.58. The molecule has 0 aliphatic heterocycles. The maximum absolute atomic E-state index is 10.4. The zero-order chi connectivity index (χ0) is 10.6. The average Bonchev–Trinajstić information content (AvgIpc) is 1.55. The largest absolute Gasteiger partial charge is 0.487 e. The van der Waals surface area contributed by atoms with E-state index in [-0.39, 0.29) is 0 Å². The van der Waals surface area contributed by atoms with Gasteiger partial charge in [-0.3, -0.25) is 0 Å². The Morgan fingerprint density at radius 3 is 0.667 bits per heavy atom. The van der Waals surface area contributed by atoms with Gasteiger partial charge in [0.1, 0.15) is 0 Å². The van der Waals surface area contributed by atoms with Crippen LogP contribution in [-0.4, -0.2) is 19.0 Å². The first-order chi connectivity index (χ1) is 4.98. The quantitative estimate of drug-likeness (QED) is 0.535. The van der Waals surface area contributed by atoms with Crippen molar-refractivity contribution in [3.05, 3.63) is 0 Å². The third-order valence-electron chi connectivity index (χ3n) is 0.321. The van der Waals surface area contributed by atoms with E-state index in [0.29, 0.717) is 0 Å². The van der Waals surface area contributed by atoms with Crippen LogP contribution in [0.3, 0.4) is 0 Å². The second kappa shape index (κ2) is 4.41. The summed E-state index contributed by atoms with van der Waals surface area (Å²) in [6, 6.07) is 0. The molecule has 0 aromatic heterocycles. The van der Waals surface area contributed by atoms with Gasteiger partial charge in [0.05, 0.1) is 0 Å². The van der Waals surface area contributed by atoms with Crippen molar-refractivity contribution in [2.45, 2.75) is 19.0 Å². The first-order valence-electron chi connectivity index (χ1n) is 2.04. The Hall–Kier alpha value is -0.630. The van der Waals surface area contributed by atoms with E-state index in [2.05, 4.69) is 0 Å². The van der Waals surface area contributed by atoms with Crippen molar-refractivity contribution in [2.24, 2.45) is 0 Å². The van der Waals surface area contributed by atoms with Crippen molar-refractivity contribution in [3.63, 3.8) is 0 Å². The molecular formula is C3HF9. The molecule has 0 heterocycles. The summed E-state index contributed by atoms with van der Waals surface area (Å²) in [5.41, 5.74) is 0. The smallest absolute Gasteiger partial charge is 0.174 e.